The van der Waals surface area contributed by atoms with Gasteiger partial charge in [0.05, 0.1) is 0 Å². The summed E-state index contributed by atoms with van der Waals surface area (Å²) in [6.07, 6.45) is 0.687. The molecule has 1 aromatic carbocycles. The van der Waals surface area contributed by atoms with Gasteiger partial charge in [0, 0.05) is 24.7 Å². The Kier molecular flexibility index (Phi) is 4.89. The van der Waals surface area contributed by atoms with Crippen LogP contribution in [-0.2, 0) is 6.42 Å². The molecule has 0 fully saturated rings. The molecule has 1 aromatic heterocycles. The number of nitrogens with two attached hydrogens (primary N) is 1. The molecule has 0 aliphatic rings. The number of aryl methyl sites for hydroxylation is 1. The van der Waals surface area contributed by atoms with Crippen molar-refractivity contribution in [2.24, 2.45) is 5.73 Å². The fraction of sp³-hybridized carbons (Fsp3) is 0.357. The minimum atomic E-state index is -0.566. The Balaban J connectivity index is 1.82. The fourth-order valence-corrected chi connectivity index (χ4v) is 1.95. The Hall–Kier alpha value is -2.41. The van der Waals surface area contributed by atoms with Crippen molar-refractivity contribution in [1.82, 2.24) is 15.5 Å². The summed E-state index contributed by atoms with van der Waals surface area (Å²) >= 11 is 0. The second-order valence-corrected chi connectivity index (χ2v) is 4.77. The Morgan fingerprint density at radius 2 is 2.10 bits per heavy atom. The summed E-state index contributed by atoms with van der Waals surface area (Å²) in [6.45, 7) is 4.60. The Morgan fingerprint density at radius 1 is 1.38 bits per heavy atom. The molecule has 2 aromatic rings. The zero-order valence-corrected chi connectivity index (χ0v) is 12.1. The Morgan fingerprint density at radius 3 is 2.67 bits per heavy atom. The summed E-state index contributed by atoms with van der Waals surface area (Å²) in [6, 6.07) is 7.14. The number of anilines is 1. The molecule has 1 heterocycles. The van der Waals surface area contributed by atoms with Crippen LogP contribution in [0.4, 0.5) is 10.5 Å². The molecule has 0 aliphatic carbocycles. The average Bonchev–Trinajstić information content (AvgIpc) is 2.84. The number of hydrogen-bond donors (Lipinski definition) is 3. The van der Waals surface area contributed by atoms with Gasteiger partial charge >= 0.3 is 6.03 Å². The van der Waals surface area contributed by atoms with Gasteiger partial charge in [-0.25, -0.2) is 4.79 Å². The minimum Gasteiger partial charge on any atom is -0.351 e. The standard InChI is InChI=1S/C14H19N5O2/c1-9(16-8-7-13-17-10(2)19-21-13)11-3-5-12(6-4-11)18-14(15)20/h3-6,9,16H,7-8H2,1-2H3,(H3,15,18,20). The van der Waals surface area contributed by atoms with E-state index in [1.54, 1.807) is 6.92 Å². The molecule has 1 unspecified atom stereocenters. The number of carbonyl (C=O) groups is 1. The molecule has 2 amide bonds. The molecule has 1 atom stereocenters. The molecular weight excluding hydrogens is 270 g/mol. The number of hydrogen-bond acceptors (Lipinski definition) is 5. The van der Waals surface area contributed by atoms with Gasteiger partial charge in [0.25, 0.3) is 0 Å². The lowest BCUT2D eigenvalue weighted by atomic mass is 10.1. The first kappa shape index (κ1) is 15.0. The molecule has 0 aliphatic heterocycles. The summed E-state index contributed by atoms with van der Waals surface area (Å²) in [7, 11) is 0. The van der Waals surface area contributed by atoms with Crippen molar-refractivity contribution in [3.05, 3.63) is 41.5 Å². The van der Waals surface area contributed by atoms with Gasteiger partial charge in [0.2, 0.25) is 5.89 Å². The van der Waals surface area contributed by atoms with Gasteiger partial charge in [-0.05, 0) is 31.5 Å². The summed E-state index contributed by atoms with van der Waals surface area (Å²) < 4.78 is 5.05. The number of nitrogens with one attached hydrogen (secondary N) is 2. The zero-order valence-electron chi connectivity index (χ0n) is 12.1. The summed E-state index contributed by atoms with van der Waals surface area (Å²) in [5.74, 6) is 1.28. The Bertz CT molecular complexity index is 594. The van der Waals surface area contributed by atoms with Gasteiger partial charge in [-0.3, -0.25) is 0 Å². The quantitative estimate of drug-likeness (QED) is 0.751. The van der Waals surface area contributed by atoms with Crippen molar-refractivity contribution < 1.29 is 9.32 Å². The predicted octanol–water partition coefficient (Wildman–Crippen LogP) is 1.76. The topological polar surface area (TPSA) is 106 Å². The van der Waals surface area contributed by atoms with E-state index in [4.69, 9.17) is 10.3 Å². The van der Waals surface area contributed by atoms with Crippen LogP contribution in [0.2, 0.25) is 0 Å². The van der Waals surface area contributed by atoms with Gasteiger partial charge in [0.1, 0.15) is 0 Å². The largest absolute Gasteiger partial charge is 0.351 e. The highest BCUT2D eigenvalue weighted by Gasteiger charge is 2.07. The van der Waals surface area contributed by atoms with Crippen LogP contribution in [0.5, 0.6) is 0 Å². The third-order valence-electron chi connectivity index (χ3n) is 3.04. The van der Waals surface area contributed by atoms with Crippen LogP contribution >= 0.6 is 0 Å². The number of amides is 2. The number of carbonyl (C=O) groups excluding carboxylic acids is 1. The molecule has 0 saturated heterocycles. The summed E-state index contributed by atoms with van der Waals surface area (Å²) in [4.78, 5) is 14.9. The third kappa shape index (κ3) is 4.57. The van der Waals surface area contributed by atoms with E-state index in [9.17, 15) is 4.79 Å². The molecule has 4 N–H and O–H groups in total. The fourth-order valence-electron chi connectivity index (χ4n) is 1.95. The molecular formula is C14H19N5O2. The van der Waals surface area contributed by atoms with E-state index in [0.717, 1.165) is 12.1 Å². The van der Waals surface area contributed by atoms with E-state index in [2.05, 4.69) is 27.7 Å². The van der Waals surface area contributed by atoms with Crippen LogP contribution in [0.1, 0.15) is 30.2 Å². The average molecular weight is 289 g/mol. The van der Waals surface area contributed by atoms with Crippen LogP contribution in [0.3, 0.4) is 0 Å². The molecule has 7 nitrogen and oxygen atoms in total. The van der Waals surface area contributed by atoms with Crippen molar-refractivity contribution in [1.29, 1.82) is 0 Å². The van der Waals surface area contributed by atoms with E-state index in [0.29, 0.717) is 23.8 Å². The predicted molar refractivity (Wildman–Crippen MR) is 78.8 cm³/mol. The van der Waals surface area contributed by atoms with Crippen molar-refractivity contribution in [3.63, 3.8) is 0 Å². The van der Waals surface area contributed by atoms with Gasteiger partial charge in [-0.2, -0.15) is 4.98 Å². The number of primary amides is 1. The lowest BCUT2D eigenvalue weighted by molar-refractivity contribution is 0.259. The van der Waals surface area contributed by atoms with E-state index in [1.807, 2.05) is 24.3 Å². The first-order chi connectivity index (χ1) is 10.0. The van der Waals surface area contributed by atoms with Crippen molar-refractivity contribution >= 4 is 11.7 Å². The highest BCUT2D eigenvalue weighted by molar-refractivity contribution is 5.87. The van der Waals surface area contributed by atoms with Gasteiger partial charge in [-0.1, -0.05) is 17.3 Å². The maximum atomic E-state index is 10.7. The zero-order chi connectivity index (χ0) is 15.2. The number of rotatable bonds is 6. The van der Waals surface area contributed by atoms with Crippen LogP contribution in [0.15, 0.2) is 28.8 Å². The normalized spacial score (nSPS) is 12.1. The van der Waals surface area contributed by atoms with Crippen molar-refractivity contribution in [3.8, 4) is 0 Å². The SMILES string of the molecule is Cc1noc(CCNC(C)c2ccc(NC(N)=O)cc2)n1. The molecule has 0 radical (unpaired) electrons. The van der Waals surface area contributed by atoms with Crippen molar-refractivity contribution in [2.45, 2.75) is 26.3 Å². The van der Waals surface area contributed by atoms with Crippen LogP contribution < -0.4 is 16.4 Å². The smallest absolute Gasteiger partial charge is 0.316 e. The number of urea groups is 1. The maximum Gasteiger partial charge on any atom is 0.316 e. The monoisotopic (exact) mass is 289 g/mol. The van der Waals surface area contributed by atoms with Gasteiger partial charge in [-0.15, -0.1) is 0 Å². The molecule has 7 heteroatoms. The second-order valence-electron chi connectivity index (χ2n) is 4.77. The van der Waals surface area contributed by atoms with E-state index < -0.39 is 6.03 Å². The number of aromatic nitrogens is 2. The van der Waals surface area contributed by atoms with Crippen LogP contribution in [0, 0.1) is 6.92 Å². The first-order valence-electron chi connectivity index (χ1n) is 6.73. The Labute approximate surface area is 122 Å². The molecule has 0 spiro atoms. The van der Waals surface area contributed by atoms with E-state index >= 15 is 0 Å². The summed E-state index contributed by atoms with van der Waals surface area (Å²) in [5.41, 5.74) is 6.86. The van der Waals surface area contributed by atoms with Crippen molar-refractivity contribution in [2.75, 3.05) is 11.9 Å². The van der Waals surface area contributed by atoms with Crippen LogP contribution in [0.25, 0.3) is 0 Å². The molecule has 112 valence electrons. The third-order valence-corrected chi connectivity index (χ3v) is 3.04. The van der Waals surface area contributed by atoms with Gasteiger partial charge in [0.15, 0.2) is 5.82 Å². The lowest BCUT2D eigenvalue weighted by Crippen LogP contribution is -2.22. The number of nitrogens with zero attached hydrogens (tertiary/aromatic N) is 2. The minimum absolute atomic E-state index is 0.177. The van der Waals surface area contributed by atoms with Crippen LogP contribution in [-0.4, -0.2) is 22.7 Å². The molecule has 0 saturated carbocycles. The highest BCUT2D eigenvalue weighted by Crippen LogP contribution is 2.15. The lowest BCUT2D eigenvalue weighted by Gasteiger charge is -2.14. The maximum absolute atomic E-state index is 10.7. The van der Waals surface area contributed by atoms with Gasteiger partial charge < -0.3 is 20.9 Å². The highest BCUT2D eigenvalue weighted by atomic mass is 16.5. The molecule has 0 bridgehead atoms. The molecule has 21 heavy (non-hydrogen) atoms. The van der Waals surface area contributed by atoms with E-state index in [-0.39, 0.29) is 6.04 Å². The summed E-state index contributed by atoms with van der Waals surface area (Å²) in [5, 5.41) is 9.65. The van der Waals surface area contributed by atoms with E-state index in [1.165, 1.54) is 0 Å². The number of benzene rings is 1. The first-order valence-corrected chi connectivity index (χ1v) is 6.73. The second kappa shape index (κ2) is 6.85. The molecule has 2 rings (SSSR count).